The third kappa shape index (κ3) is 2.55. The molecule has 0 saturated heterocycles. The number of guanidine groups is 1. The monoisotopic (exact) mass is 299 g/mol. The van der Waals surface area contributed by atoms with Crippen LogP contribution in [0.2, 0.25) is 10.0 Å². The van der Waals surface area contributed by atoms with Gasteiger partial charge in [-0.1, -0.05) is 43.1 Å². The van der Waals surface area contributed by atoms with Crippen LogP contribution in [-0.2, 0) is 10.3 Å². The minimum Gasteiger partial charge on any atom is -0.370 e. The highest BCUT2D eigenvalue weighted by molar-refractivity contribution is 6.42. The van der Waals surface area contributed by atoms with Gasteiger partial charge in [-0.15, -0.1) is 0 Å². The molecule has 6 heteroatoms. The van der Waals surface area contributed by atoms with E-state index in [4.69, 9.17) is 28.9 Å². The molecule has 1 unspecified atom stereocenters. The Labute approximate surface area is 122 Å². The van der Waals surface area contributed by atoms with Crippen LogP contribution in [0.3, 0.4) is 0 Å². The molecule has 2 rings (SSSR count). The van der Waals surface area contributed by atoms with Crippen molar-refractivity contribution < 1.29 is 4.79 Å². The van der Waals surface area contributed by atoms with Crippen molar-refractivity contribution >= 4 is 35.1 Å². The number of carbonyl (C=O) groups is 1. The summed E-state index contributed by atoms with van der Waals surface area (Å²) >= 11 is 12.0. The normalized spacial score (nSPS) is 23.2. The smallest absolute Gasteiger partial charge is 0.229 e. The third-order valence-corrected chi connectivity index (χ3v) is 4.13. The highest BCUT2D eigenvalue weighted by atomic mass is 35.5. The SMILES string of the molecule is CC(C)C1(c2ccc(Cl)c(Cl)c2)CC(=O)NC(N)=N1. The lowest BCUT2D eigenvalue weighted by Crippen LogP contribution is -2.49. The van der Waals surface area contributed by atoms with Crippen LogP contribution in [0.5, 0.6) is 0 Å². The van der Waals surface area contributed by atoms with Crippen LogP contribution in [0.25, 0.3) is 0 Å². The van der Waals surface area contributed by atoms with E-state index < -0.39 is 5.54 Å². The van der Waals surface area contributed by atoms with E-state index in [1.54, 1.807) is 12.1 Å². The van der Waals surface area contributed by atoms with Crippen molar-refractivity contribution in [2.24, 2.45) is 16.6 Å². The summed E-state index contributed by atoms with van der Waals surface area (Å²) in [7, 11) is 0. The van der Waals surface area contributed by atoms with Crippen molar-refractivity contribution in [3.05, 3.63) is 33.8 Å². The van der Waals surface area contributed by atoms with Gasteiger partial charge in [0, 0.05) is 0 Å². The molecule has 0 saturated carbocycles. The quantitative estimate of drug-likeness (QED) is 0.881. The number of rotatable bonds is 2. The molecule has 1 atom stereocenters. The summed E-state index contributed by atoms with van der Waals surface area (Å²) in [5.41, 5.74) is 5.85. The van der Waals surface area contributed by atoms with Gasteiger partial charge in [0.15, 0.2) is 5.96 Å². The first kappa shape index (κ1) is 14.2. The van der Waals surface area contributed by atoms with E-state index in [2.05, 4.69) is 10.3 Å². The number of carbonyl (C=O) groups excluding carboxylic acids is 1. The molecule has 4 nitrogen and oxygen atoms in total. The fraction of sp³-hybridized carbons (Fsp3) is 0.385. The zero-order chi connectivity index (χ0) is 14.2. The Morgan fingerprint density at radius 1 is 1.37 bits per heavy atom. The summed E-state index contributed by atoms with van der Waals surface area (Å²) in [6.45, 7) is 4.00. The number of nitrogens with one attached hydrogen (secondary N) is 1. The van der Waals surface area contributed by atoms with Crippen molar-refractivity contribution in [2.75, 3.05) is 0 Å². The second-order valence-electron chi connectivity index (χ2n) is 4.93. The first-order valence-electron chi connectivity index (χ1n) is 5.96. The van der Waals surface area contributed by atoms with Crippen molar-refractivity contribution in [1.29, 1.82) is 0 Å². The molecule has 1 aliphatic rings. The molecule has 0 radical (unpaired) electrons. The highest BCUT2D eigenvalue weighted by Crippen LogP contribution is 2.40. The minimum absolute atomic E-state index is 0.0920. The summed E-state index contributed by atoms with van der Waals surface area (Å²) in [6, 6.07) is 5.30. The number of nitrogens with zero attached hydrogens (tertiary/aromatic N) is 1. The van der Waals surface area contributed by atoms with Crippen LogP contribution in [-0.4, -0.2) is 11.9 Å². The number of benzene rings is 1. The van der Waals surface area contributed by atoms with Gasteiger partial charge in [-0.3, -0.25) is 10.1 Å². The predicted octanol–water partition coefficient (Wildman–Crippen LogP) is 2.68. The number of nitrogens with two attached hydrogens (primary N) is 1. The van der Waals surface area contributed by atoms with Crippen LogP contribution in [0.4, 0.5) is 0 Å². The number of amides is 1. The maximum atomic E-state index is 11.8. The molecular formula is C13H15Cl2N3O. The molecule has 1 amide bonds. The molecule has 1 heterocycles. The lowest BCUT2D eigenvalue weighted by molar-refractivity contribution is -0.122. The van der Waals surface area contributed by atoms with Gasteiger partial charge in [-0.25, -0.2) is 4.99 Å². The van der Waals surface area contributed by atoms with Crippen LogP contribution in [0.1, 0.15) is 25.8 Å². The van der Waals surface area contributed by atoms with Gasteiger partial charge in [0.1, 0.15) is 5.54 Å². The van der Waals surface area contributed by atoms with Gasteiger partial charge in [0.2, 0.25) is 5.91 Å². The molecule has 1 aromatic rings. The third-order valence-electron chi connectivity index (χ3n) is 3.39. The Hall–Kier alpha value is -1.26. The standard InChI is InChI=1S/C13H15Cl2N3O/c1-7(2)13(6-11(19)17-12(16)18-13)8-3-4-9(14)10(15)5-8/h3-5,7H,6H2,1-2H3,(H3,16,17,18,19). The fourth-order valence-corrected chi connectivity index (χ4v) is 2.61. The first-order valence-corrected chi connectivity index (χ1v) is 6.71. The number of hydrogen-bond acceptors (Lipinski definition) is 3. The number of hydrogen-bond donors (Lipinski definition) is 2. The second kappa shape index (κ2) is 5.02. The second-order valence-corrected chi connectivity index (χ2v) is 5.74. The summed E-state index contributed by atoms with van der Waals surface area (Å²) in [4.78, 5) is 16.3. The topological polar surface area (TPSA) is 67.5 Å². The van der Waals surface area contributed by atoms with Crippen molar-refractivity contribution in [2.45, 2.75) is 25.8 Å². The number of aliphatic imine (C=N–C) groups is 1. The van der Waals surface area contributed by atoms with E-state index in [1.807, 2.05) is 19.9 Å². The molecule has 102 valence electrons. The fourth-order valence-electron chi connectivity index (χ4n) is 2.31. The summed E-state index contributed by atoms with van der Waals surface area (Å²) in [6.07, 6.45) is 0.239. The highest BCUT2D eigenvalue weighted by Gasteiger charge is 2.41. The Bertz CT molecular complexity index is 557. The Morgan fingerprint density at radius 3 is 2.58 bits per heavy atom. The van der Waals surface area contributed by atoms with Crippen molar-refractivity contribution in [1.82, 2.24) is 5.32 Å². The predicted molar refractivity (Wildman–Crippen MR) is 77.4 cm³/mol. The minimum atomic E-state index is -0.694. The van der Waals surface area contributed by atoms with Crippen LogP contribution >= 0.6 is 23.2 Å². The lowest BCUT2D eigenvalue weighted by atomic mass is 9.77. The maximum absolute atomic E-state index is 11.8. The molecule has 3 N–H and O–H groups in total. The van der Waals surface area contributed by atoms with Gasteiger partial charge >= 0.3 is 0 Å². The van der Waals surface area contributed by atoms with Crippen LogP contribution in [0.15, 0.2) is 23.2 Å². The van der Waals surface area contributed by atoms with Crippen molar-refractivity contribution in [3.63, 3.8) is 0 Å². The molecule has 1 aromatic carbocycles. The van der Waals surface area contributed by atoms with E-state index in [9.17, 15) is 4.79 Å². The Kier molecular flexibility index (Phi) is 3.74. The van der Waals surface area contributed by atoms with Gasteiger partial charge < -0.3 is 5.73 Å². The van der Waals surface area contributed by atoms with E-state index in [0.29, 0.717) is 10.0 Å². The Balaban J connectivity index is 2.59. The molecule has 19 heavy (non-hydrogen) atoms. The molecule has 0 spiro atoms. The average molecular weight is 300 g/mol. The summed E-state index contributed by atoms with van der Waals surface area (Å²) in [5.74, 6) is 0.0811. The average Bonchev–Trinajstić information content (AvgIpc) is 2.31. The Morgan fingerprint density at radius 2 is 2.05 bits per heavy atom. The van der Waals surface area contributed by atoms with E-state index in [0.717, 1.165) is 5.56 Å². The van der Waals surface area contributed by atoms with Crippen LogP contribution < -0.4 is 11.1 Å². The van der Waals surface area contributed by atoms with Crippen molar-refractivity contribution in [3.8, 4) is 0 Å². The van der Waals surface area contributed by atoms with Gasteiger partial charge in [-0.2, -0.15) is 0 Å². The first-order chi connectivity index (χ1) is 8.85. The largest absolute Gasteiger partial charge is 0.370 e. The van der Waals surface area contributed by atoms with Crippen LogP contribution in [0, 0.1) is 5.92 Å². The lowest BCUT2D eigenvalue weighted by Gasteiger charge is -2.37. The summed E-state index contributed by atoms with van der Waals surface area (Å²) < 4.78 is 0. The van der Waals surface area contributed by atoms with E-state index >= 15 is 0 Å². The molecule has 0 aromatic heterocycles. The molecule has 0 fully saturated rings. The van der Waals surface area contributed by atoms with Gasteiger partial charge in [0.25, 0.3) is 0 Å². The van der Waals surface area contributed by atoms with E-state index in [1.165, 1.54) is 0 Å². The zero-order valence-corrected chi connectivity index (χ0v) is 12.2. The van der Waals surface area contributed by atoms with Gasteiger partial charge in [0.05, 0.1) is 16.5 Å². The number of halogens is 2. The molecular weight excluding hydrogens is 285 g/mol. The molecule has 0 bridgehead atoms. The van der Waals surface area contributed by atoms with Gasteiger partial charge in [-0.05, 0) is 23.6 Å². The summed E-state index contributed by atoms with van der Waals surface area (Å²) in [5, 5.41) is 3.43. The maximum Gasteiger partial charge on any atom is 0.229 e. The molecule has 0 aliphatic carbocycles. The zero-order valence-electron chi connectivity index (χ0n) is 10.7. The molecule has 1 aliphatic heterocycles. The van der Waals surface area contributed by atoms with E-state index in [-0.39, 0.29) is 24.2 Å².